The highest BCUT2D eigenvalue weighted by atomic mass is 16.3. The summed E-state index contributed by atoms with van der Waals surface area (Å²) in [4.78, 5) is 13.5. The fraction of sp³-hybridized carbons (Fsp3) is 0.533. The summed E-state index contributed by atoms with van der Waals surface area (Å²) in [5.41, 5.74) is 7.43. The number of likely N-dealkylation sites (N-methyl/N-ethyl adjacent to an activating group) is 2. The molecule has 0 spiro atoms. The fourth-order valence-corrected chi connectivity index (χ4v) is 1.99. The highest BCUT2D eigenvalue weighted by Gasteiger charge is 2.14. The molecule has 1 unspecified atom stereocenters. The fourth-order valence-electron chi connectivity index (χ4n) is 1.99. The number of carbonyl (C=O) groups is 1. The Morgan fingerprint density at radius 3 is 2.50 bits per heavy atom. The number of amides is 1. The highest BCUT2D eigenvalue weighted by molar-refractivity contribution is 5.77. The van der Waals surface area contributed by atoms with Crippen LogP contribution in [0.2, 0.25) is 0 Å². The second kappa shape index (κ2) is 8.68. The van der Waals surface area contributed by atoms with Gasteiger partial charge in [-0.15, -0.1) is 0 Å². The molecule has 5 nitrogen and oxygen atoms in total. The second-order valence-electron chi connectivity index (χ2n) is 4.74. The number of carbonyl (C=O) groups excluding carboxylic acids is 1. The van der Waals surface area contributed by atoms with Crippen LogP contribution in [0.5, 0.6) is 0 Å². The Hall–Kier alpha value is -1.43. The first kappa shape index (κ1) is 16.6. The summed E-state index contributed by atoms with van der Waals surface area (Å²) in [5, 5.41) is 13.0. The van der Waals surface area contributed by atoms with Crippen molar-refractivity contribution in [3.63, 3.8) is 0 Å². The van der Waals surface area contributed by atoms with Crippen molar-refractivity contribution in [1.29, 1.82) is 0 Å². The molecule has 1 atom stereocenters. The number of nitrogens with two attached hydrogens (primary N) is 1. The number of benzene rings is 1. The molecule has 0 heterocycles. The summed E-state index contributed by atoms with van der Waals surface area (Å²) in [6.07, 6.45) is -0.601. The summed E-state index contributed by atoms with van der Waals surface area (Å²) in [5.74, 6) is -0.0139. The number of nitrogens with one attached hydrogen (secondary N) is 1. The summed E-state index contributed by atoms with van der Waals surface area (Å²) in [6.45, 7) is 6.45. The van der Waals surface area contributed by atoms with Gasteiger partial charge >= 0.3 is 0 Å². The van der Waals surface area contributed by atoms with Crippen molar-refractivity contribution in [3.8, 4) is 0 Å². The van der Waals surface area contributed by atoms with Crippen molar-refractivity contribution in [3.05, 3.63) is 35.4 Å². The molecule has 4 N–H and O–H groups in total. The Bertz CT molecular complexity index is 406. The Morgan fingerprint density at radius 1 is 1.35 bits per heavy atom. The Balaban J connectivity index is 2.56. The van der Waals surface area contributed by atoms with E-state index < -0.39 is 6.10 Å². The van der Waals surface area contributed by atoms with Crippen molar-refractivity contribution in [2.75, 3.05) is 26.2 Å². The van der Waals surface area contributed by atoms with E-state index >= 15 is 0 Å². The largest absolute Gasteiger partial charge is 0.387 e. The van der Waals surface area contributed by atoms with E-state index in [0.29, 0.717) is 26.2 Å². The van der Waals surface area contributed by atoms with Crippen LogP contribution in [-0.2, 0) is 11.3 Å². The number of hydrogen-bond acceptors (Lipinski definition) is 4. The van der Waals surface area contributed by atoms with Crippen LogP contribution < -0.4 is 11.1 Å². The van der Waals surface area contributed by atoms with Gasteiger partial charge in [0.2, 0.25) is 5.91 Å². The van der Waals surface area contributed by atoms with Crippen LogP contribution in [-0.4, -0.2) is 42.1 Å². The SMILES string of the molecule is CCNC(=O)CN(CC)CC(O)c1ccc(CN)cc1. The summed E-state index contributed by atoms with van der Waals surface area (Å²) < 4.78 is 0. The molecule has 112 valence electrons. The van der Waals surface area contributed by atoms with Crippen molar-refractivity contribution in [2.24, 2.45) is 5.73 Å². The van der Waals surface area contributed by atoms with Gasteiger partial charge in [0.1, 0.15) is 0 Å². The normalized spacial score (nSPS) is 12.4. The molecule has 0 saturated heterocycles. The predicted molar refractivity (Wildman–Crippen MR) is 80.1 cm³/mol. The lowest BCUT2D eigenvalue weighted by molar-refractivity contribution is -0.122. The maximum absolute atomic E-state index is 11.6. The molecule has 5 heteroatoms. The van der Waals surface area contributed by atoms with Crippen LogP contribution in [0.25, 0.3) is 0 Å². The second-order valence-corrected chi connectivity index (χ2v) is 4.74. The van der Waals surface area contributed by atoms with E-state index in [1.807, 2.05) is 43.0 Å². The van der Waals surface area contributed by atoms with Gasteiger partial charge in [-0.1, -0.05) is 31.2 Å². The van der Waals surface area contributed by atoms with Gasteiger partial charge in [-0.25, -0.2) is 0 Å². The molecule has 0 aliphatic carbocycles. The van der Waals surface area contributed by atoms with Crippen LogP contribution >= 0.6 is 0 Å². The van der Waals surface area contributed by atoms with E-state index in [0.717, 1.165) is 17.7 Å². The molecule has 1 rings (SSSR count). The minimum atomic E-state index is -0.601. The molecule has 1 aromatic carbocycles. The van der Waals surface area contributed by atoms with E-state index in [4.69, 9.17) is 5.73 Å². The Morgan fingerprint density at radius 2 is 2.00 bits per heavy atom. The van der Waals surface area contributed by atoms with Crippen molar-refractivity contribution in [2.45, 2.75) is 26.5 Å². The van der Waals surface area contributed by atoms with Crippen LogP contribution in [0.1, 0.15) is 31.1 Å². The standard InChI is InChI=1S/C15H25N3O2/c1-3-17-15(20)11-18(4-2)10-14(19)13-7-5-12(9-16)6-8-13/h5-8,14,19H,3-4,9-11,16H2,1-2H3,(H,17,20). The molecule has 0 bridgehead atoms. The maximum Gasteiger partial charge on any atom is 0.234 e. The van der Waals surface area contributed by atoms with Gasteiger partial charge in [-0.3, -0.25) is 9.69 Å². The van der Waals surface area contributed by atoms with Gasteiger partial charge in [-0.2, -0.15) is 0 Å². The van der Waals surface area contributed by atoms with Crippen LogP contribution in [0.4, 0.5) is 0 Å². The summed E-state index contributed by atoms with van der Waals surface area (Å²) in [7, 11) is 0. The number of rotatable bonds is 8. The third-order valence-electron chi connectivity index (χ3n) is 3.22. The lowest BCUT2D eigenvalue weighted by Gasteiger charge is -2.23. The first-order valence-corrected chi connectivity index (χ1v) is 7.06. The van der Waals surface area contributed by atoms with Crippen LogP contribution in [0.3, 0.4) is 0 Å². The predicted octanol–water partition coefficient (Wildman–Crippen LogP) is 0.637. The van der Waals surface area contributed by atoms with Crippen LogP contribution in [0.15, 0.2) is 24.3 Å². The molecule has 1 aromatic rings. The minimum Gasteiger partial charge on any atom is -0.387 e. The number of aliphatic hydroxyl groups excluding tert-OH is 1. The van der Waals surface area contributed by atoms with Gasteiger partial charge in [0, 0.05) is 19.6 Å². The number of nitrogens with zero attached hydrogens (tertiary/aromatic N) is 1. The van der Waals surface area contributed by atoms with E-state index in [2.05, 4.69) is 5.32 Å². The average molecular weight is 279 g/mol. The molecule has 1 amide bonds. The zero-order valence-electron chi connectivity index (χ0n) is 12.3. The summed E-state index contributed by atoms with van der Waals surface area (Å²) >= 11 is 0. The van der Waals surface area contributed by atoms with Crippen molar-refractivity contribution < 1.29 is 9.90 Å². The maximum atomic E-state index is 11.6. The summed E-state index contributed by atoms with van der Waals surface area (Å²) in [6, 6.07) is 7.59. The minimum absolute atomic E-state index is 0.0139. The van der Waals surface area contributed by atoms with Gasteiger partial charge in [0.05, 0.1) is 12.6 Å². The van der Waals surface area contributed by atoms with Gasteiger partial charge in [0.15, 0.2) is 0 Å². The zero-order chi connectivity index (χ0) is 15.0. The average Bonchev–Trinajstić information content (AvgIpc) is 2.46. The van der Waals surface area contributed by atoms with Crippen LogP contribution in [0, 0.1) is 0 Å². The highest BCUT2D eigenvalue weighted by Crippen LogP contribution is 2.15. The molecule has 0 aliphatic heterocycles. The van der Waals surface area contributed by atoms with Crippen molar-refractivity contribution in [1.82, 2.24) is 10.2 Å². The monoisotopic (exact) mass is 279 g/mol. The molecular weight excluding hydrogens is 254 g/mol. The van der Waals surface area contributed by atoms with E-state index in [-0.39, 0.29) is 5.91 Å². The third-order valence-corrected chi connectivity index (χ3v) is 3.22. The van der Waals surface area contributed by atoms with E-state index in [1.165, 1.54) is 0 Å². The lowest BCUT2D eigenvalue weighted by atomic mass is 10.1. The first-order valence-electron chi connectivity index (χ1n) is 7.06. The smallest absolute Gasteiger partial charge is 0.234 e. The molecule has 0 fully saturated rings. The Labute approximate surface area is 120 Å². The number of aliphatic hydroxyl groups is 1. The molecule has 0 aliphatic rings. The molecule has 20 heavy (non-hydrogen) atoms. The van der Waals surface area contributed by atoms with Gasteiger partial charge in [0.25, 0.3) is 0 Å². The molecule has 0 saturated carbocycles. The molecule has 0 radical (unpaired) electrons. The zero-order valence-corrected chi connectivity index (χ0v) is 12.3. The third kappa shape index (κ3) is 5.28. The number of hydrogen-bond donors (Lipinski definition) is 3. The van der Waals surface area contributed by atoms with Gasteiger partial charge < -0.3 is 16.2 Å². The molecular formula is C15H25N3O2. The molecule has 0 aromatic heterocycles. The van der Waals surface area contributed by atoms with Gasteiger partial charge in [-0.05, 0) is 24.6 Å². The van der Waals surface area contributed by atoms with E-state index in [9.17, 15) is 9.90 Å². The topological polar surface area (TPSA) is 78.6 Å². The lowest BCUT2D eigenvalue weighted by Crippen LogP contribution is -2.39. The quantitative estimate of drug-likeness (QED) is 0.652. The van der Waals surface area contributed by atoms with Crippen molar-refractivity contribution >= 4 is 5.91 Å². The Kier molecular flexibility index (Phi) is 7.22. The van der Waals surface area contributed by atoms with E-state index in [1.54, 1.807) is 0 Å². The first-order chi connectivity index (χ1) is 9.60.